The summed E-state index contributed by atoms with van der Waals surface area (Å²) < 4.78 is 13.9. The Morgan fingerprint density at radius 1 is 1.05 bits per heavy atom. The van der Waals surface area contributed by atoms with Crippen molar-refractivity contribution in [1.82, 2.24) is 10.3 Å². The number of hydrogen-bond donors (Lipinski definition) is 1. The first-order chi connectivity index (χ1) is 9.06. The quantitative estimate of drug-likeness (QED) is 0.902. The highest BCUT2D eigenvalue weighted by Gasteiger charge is 2.12. The molecule has 2 rings (SSSR count). The molecule has 19 heavy (non-hydrogen) atoms. The second kappa shape index (κ2) is 6.26. The van der Waals surface area contributed by atoms with Gasteiger partial charge in [0.15, 0.2) is 0 Å². The third kappa shape index (κ3) is 3.85. The summed E-state index contributed by atoms with van der Waals surface area (Å²) in [6, 6.07) is 11.6. The maximum absolute atomic E-state index is 12.8. The van der Waals surface area contributed by atoms with Crippen LogP contribution in [0.15, 0.2) is 47.1 Å². The smallest absolute Gasteiger partial charge is 0.141 e. The maximum atomic E-state index is 12.8. The van der Waals surface area contributed by atoms with Crippen molar-refractivity contribution in [2.24, 2.45) is 0 Å². The molecule has 0 radical (unpaired) electrons. The van der Waals surface area contributed by atoms with Crippen molar-refractivity contribution in [2.45, 2.75) is 25.9 Å². The number of benzene rings is 1. The van der Waals surface area contributed by atoms with Gasteiger partial charge in [0.05, 0.1) is 11.9 Å². The van der Waals surface area contributed by atoms with Crippen LogP contribution in [0, 0.1) is 5.82 Å². The fraction of sp³-hybridized carbons (Fsp3) is 0.267. The lowest BCUT2D eigenvalue weighted by atomic mass is 10.1. The summed E-state index contributed by atoms with van der Waals surface area (Å²) >= 11 is 3.42. The van der Waals surface area contributed by atoms with E-state index in [0.29, 0.717) is 0 Å². The van der Waals surface area contributed by atoms with Crippen LogP contribution in [0.1, 0.15) is 37.2 Å². The molecule has 0 amide bonds. The van der Waals surface area contributed by atoms with E-state index in [1.165, 1.54) is 17.8 Å². The fourth-order valence-corrected chi connectivity index (χ4v) is 2.22. The number of halogens is 2. The summed E-state index contributed by atoms with van der Waals surface area (Å²) in [5, 5.41) is 3.45. The molecule has 0 bridgehead atoms. The van der Waals surface area contributed by atoms with Gasteiger partial charge in [-0.15, -0.1) is 0 Å². The van der Waals surface area contributed by atoms with Crippen LogP contribution in [-0.2, 0) is 0 Å². The van der Waals surface area contributed by atoms with Crippen molar-refractivity contribution in [1.29, 1.82) is 0 Å². The number of hydrogen-bond acceptors (Lipinski definition) is 2. The van der Waals surface area contributed by atoms with Gasteiger partial charge in [-0.1, -0.05) is 28.1 Å². The van der Waals surface area contributed by atoms with E-state index >= 15 is 0 Å². The van der Waals surface area contributed by atoms with E-state index < -0.39 is 0 Å². The minimum atomic E-state index is -0.308. The molecule has 0 aliphatic rings. The number of pyridine rings is 1. The lowest BCUT2D eigenvalue weighted by Gasteiger charge is -2.20. The van der Waals surface area contributed by atoms with E-state index in [1.54, 1.807) is 6.07 Å². The molecule has 0 saturated heterocycles. The van der Waals surface area contributed by atoms with Gasteiger partial charge in [-0.05, 0) is 43.7 Å². The maximum Gasteiger partial charge on any atom is 0.141 e. The highest BCUT2D eigenvalue weighted by Crippen LogP contribution is 2.20. The Balaban J connectivity index is 2.03. The van der Waals surface area contributed by atoms with Gasteiger partial charge in [-0.2, -0.15) is 0 Å². The number of nitrogens with zero attached hydrogens (tertiary/aromatic N) is 1. The van der Waals surface area contributed by atoms with Crippen LogP contribution in [0.25, 0.3) is 0 Å². The molecular weight excluding hydrogens is 307 g/mol. The largest absolute Gasteiger partial charge is 0.302 e. The molecule has 0 aliphatic heterocycles. The number of rotatable bonds is 4. The number of aromatic nitrogens is 1. The Bertz CT molecular complexity index is 475. The first kappa shape index (κ1) is 14.2. The average Bonchev–Trinajstić information content (AvgIpc) is 2.40. The first-order valence-corrected chi connectivity index (χ1v) is 6.98. The third-order valence-corrected chi connectivity index (χ3v) is 3.59. The normalized spacial score (nSPS) is 14.1. The zero-order valence-corrected chi connectivity index (χ0v) is 12.5. The van der Waals surface area contributed by atoms with E-state index in [1.807, 2.05) is 19.1 Å². The molecule has 1 unspecified atom stereocenters. The molecule has 1 heterocycles. The summed E-state index contributed by atoms with van der Waals surface area (Å²) in [7, 11) is 0. The predicted molar refractivity (Wildman–Crippen MR) is 78.3 cm³/mol. The van der Waals surface area contributed by atoms with Gasteiger partial charge in [0.2, 0.25) is 0 Å². The number of nitrogens with one attached hydrogen (secondary N) is 1. The lowest BCUT2D eigenvalue weighted by Crippen LogP contribution is -2.23. The summed E-state index contributed by atoms with van der Waals surface area (Å²) in [6.45, 7) is 4.12. The topological polar surface area (TPSA) is 24.9 Å². The zero-order valence-electron chi connectivity index (χ0n) is 10.9. The summed E-state index contributed by atoms with van der Waals surface area (Å²) in [4.78, 5) is 4.09. The van der Waals surface area contributed by atoms with Crippen LogP contribution in [0.5, 0.6) is 0 Å². The van der Waals surface area contributed by atoms with E-state index in [0.717, 1.165) is 10.2 Å². The fourth-order valence-electron chi connectivity index (χ4n) is 1.95. The third-order valence-electron chi connectivity index (χ3n) is 3.06. The zero-order chi connectivity index (χ0) is 13.8. The Labute approximate surface area is 121 Å². The Hall–Kier alpha value is -1.26. The SMILES string of the molecule is CC(N[C@H](C)c1ccc(Br)cc1)c1ccc(F)cn1. The van der Waals surface area contributed by atoms with E-state index in [2.05, 4.69) is 45.3 Å². The molecule has 0 saturated carbocycles. The van der Waals surface area contributed by atoms with Crippen LogP contribution >= 0.6 is 15.9 Å². The van der Waals surface area contributed by atoms with Gasteiger partial charge >= 0.3 is 0 Å². The molecular formula is C15H16BrFN2. The molecule has 1 N–H and O–H groups in total. The van der Waals surface area contributed by atoms with Gasteiger partial charge < -0.3 is 5.32 Å². The molecule has 0 aliphatic carbocycles. The minimum absolute atomic E-state index is 0.0687. The molecule has 2 nitrogen and oxygen atoms in total. The van der Waals surface area contributed by atoms with Gasteiger partial charge in [0.1, 0.15) is 5.82 Å². The van der Waals surface area contributed by atoms with E-state index in [-0.39, 0.29) is 17.9 Å². The monoisotopic (exact) mass is 322 g/mol. The average molecular weight is 323 g/mol. The van der Waals surface area contributed by atoms with Crippen LogP contribution in [0.2, 0.25) is 0 Å². The molecule has 2 aromatic rings. The Morgan fingerprint density at radius 2 is 1.74 bits per heavy atom. The summed E-state index contributed by atoms with van der Waals surface area (Å²) in [5.74, 6) is -0.308. The highest BCUT2D eigenvalue weighted by atomic mass is 79.9. The Morgan fingerprint density at radius 3 is 2.32 bits per heavy atom. The van der Waals surface area contributed by atoms with Crippen LogP contribution < -0.4 is 5.32 Å². The van der Waals surface area contributed by atoms with E-state index in [9.17, 15) is 4.39 Å². The molecule has 0 fully saturated rings. The summed E-state index contributed by atoms with van der Waals surface area (Å²) in [5.41, 5.74) is 2.04. The Kier molecular flexibility index (Phi) is 4.66. The van der Waals surface area contributed by atoms with Crippen LogP contribution in [0.4, 0.5) is 4.39 Å². The molecule has 1 aromatic heterocycles. The molecule has 4 heteroatoms. The van der Waals surface area contributed by atoms with Crippen LogP contribution in [0.3, 0.4) is 0 Å². The lowest BCUT2D eigenvalue weighted by molar-refractivity contribution is 0.484. The molecule has 1 aromatic carbocycles. The highest BCUT2D eigenvalue weighted by molar-refractivity contribution is 9.10. The van der Waals surface area contributed by atoms with E-state index in [4.69, 9.17) is 0 Å². The van der Waals surface area contributed by atoms with Gasteiger partial charge in [-0.25, -0.2) is 4.39 Å². The van der Waals surface area contributed by atoms with Crippen molar-refractivity contribution < 1.29 is 4.39 Å². The van der Waals surface area contributed by atoms with Crippen LogP contribution in [-0.4, -0.2) is 4.98 Å². The molecule has 2 atom stereocenters. The van der Waals surface area contributed by atoms with Crippen molar-refractivity contribution in [3.63, 3.8) is 0 Å². The van der Waals surface area contributed by atoms with Crippen molar-refractivity contribution >= 4 is 15.9 Å². The van der Waals surface area contributed by atoms with Crippen molar-refractivity contribution in [3.8, 4) is 0 Å². The predicted octanol–water partition coefficient (Wildman–Crippen LogP) is 4.40. The second-order valence-corrected chi connectivity index (χ2v) is 5.48. The van der Waals surface area contributed by atoms with Gasteiger partial charge in [-0.3, -0.25) is 4.98 Å². The molecule has 0 spiro atoms. The minimum Gasteiger partial charge on any atom is -0.302 e. The van der Waals surface area contributed by atoms with Crippen molar-refractivity contribution in [2.75, 3.05) is 0 Å². The van der Waals surface area contributed by atoms with Gasteiger partial charge in [0, 0.05) is 16.6 Å². The second-order valence-electron chi connectivity index (χ2n) is 4.56. The molecule has 100 valence electrons. The van der Waals surface area contributed by atoms with Gasteiger partial charge in [0.25, 0.3) is 0 Å². The van der Waals surface area contributed by atoms with Crippen molar-refractivity contribution in [3.05, 3.63) is 64.1 Å². The summed E-state index contributed by atoms with van der Waals surface area (Å²) in [6.07, 6.45) is 1.25. The first-order valence-electron chi connectivity index (χ1n) is 6.19. The standard InChI is InChI=1S/C15H16BrFN2/c1-10(12-3-5-13(16)6-4-12)19-11(2)15-8-7-14(17)9-18-15/h3-11,19H,1-2H3/t10-,11?/m1/s1.